The molecule has 0 aromatic carbocycles. The topological polar surface area (TPSA) is 68.5 Å². The van der Waals surface area contributed by atoms with E-state index in [2.05, 4.69) is 10.2 Å². The lowest BCUT2D eigenvalue weighted by Crippen LogP contribution is -2.34. The molecule has 6 nitrogen and oxygen atoms in total. The third-order valence-corrected chi connectivity index (χ3v) is 3.12. The van der Waals surface area contributed by atoms with Crippen LogP contribution in [0.4, 0.5) is 0 Å². The predicted octanol–water partition coefficient (Wildman–Crippen LogP) is 1.93. The molecule has 0 bridgehead atoms. The summed E-state index contributed by atoms with van der Waals surface area (Å²) in [5, 5.41) is 7.84. The molecule has 0 saturated heterocycles. The molecular weight excluding hydrogens is 258 g/mol. The number of aryl methyl sites for hydroxylation is 1. The minimum Gasteiger partial charge on any atom is -0.496 e. The van der Waals surface area contributed by atoms with Crippen molar-refractivity contribution in [3.8, 4) is 0 Å². The second-order valence-corrected chi connectivity index (χ2v) is 4.73. The Morgan fingerprint density at radius 3 is 2.90 bits per heavy atom. The maximum absolute atomic E-state index is 11.0. The number of carbonyl (C=O) groups excluding carboxylic acids is 1. The van der Waals surface area contributed by atoms with Gasteiger partial charge in [0.25, 0.3) is 0 Å². The van der Waals surface area contributed by atoms with Gasteiger partial charge in [0, 0.05) is 26.0 Å². The van der Waals surface area contributed by atoms with Gasteiger partial charge >= 0.3 is 0 Å². The van der Waals surface area contributed by atoms with Gasteiger partial charge in [-0.15, -0.1) is 10.2 Å². The Bertz CT molecular complexity index is 534. The molecule has 108 valence electrons. The molecule has 0 saturated carbocycles. The van der Waals surface area contributed by atoms with E-state index < -0.39 is 0 Å². The molecule has 1 unspecified atom stereocenters. The van der Waals surface area contributed by atoms with E-state index in [1.807, 2.05) is 19.1 Å². The lowest BCUT2D eigenvalue weighted by atomic mass is 9.98. The Morgan fingerprint density at radius 1 is 1.50 bits per heavy atom. The molecule has 1 aromatic heterocycles. The summed E-state index contributed by atoms with van der Waals surface area (Å²) < 4.78 is 11.1. The number of hydrogen-bond acceptors (Lipinski definition) is 5. The van der Waals surface area contributed by atoms with Crippen LogP contribution in [-0.4, -0.2) is 41.2 Å². The van der Waals surface area contributed by atoms with Gasteiger partial charge in [0.2, 0.25) is 18.2 Å². The van der Waals surface area contributed by atoms with Crippen molar-refractivity contribution >= 4 is 12.0 Å². The summed E-state index contributed by atoms with van der Waals surface area (Å²) in [7, 11) is 1.74. The number of likely N-dealkylation sites (N-methyl/N-ethyl adjacent to an activating group) is 1. The minimum atomic E-state index is -0.133. The summed E-state index contributed by atoms with van der Waals surface area (Å²) >= 11 is 0. The molecule has 1 atom stereocenters. The number of nitrogens with zero attached hydrogens (tertiary/aromatic N) is 3. The highest BCUT2D eigenvalue weighted by molar-refractivity contribution is 5.64. The van der Waals surface area contributed by atoms with Crippen LogP contribution in [-0.2, 0) is 9.53 Å². The first-order valence-electron chi connectivity index (χ1n) is 6.67. The molecule has 2 rings (SSSR count). The second-order valence-electron chi connectivity index (χ2n) is 4.73. The summed E-state index contributed by atoms with van der Waals surface area (Å²) in [6.07, 6.45) is 6.11. The average Bonchev–Trinajstić information content (AvgIpc) is 2.90. The van der Waals surface area contributed by atoms with E-state index in [0.717, 1.165) is 24.2 Å². The zero-order chi connectivity index (χ0) is 14.5. The highest BCUT2D eigenvalue weighted by Crippen LogP contribution is 2.29. The molecule has 1 aliphatic rings. The zero-order valence-electron chi connectivity index (χ0n) is 12.0. The number of amides is 1. The predicted molar refractivity (Wildman–Crippen MR) is 73.6 cm³/mol. The lowest BCUT2D eigenvalue weighted by molar-refractivity contribution is -0.118. The highest BCUT2D eigenvalue weighted by atomic mass is 16.5. The van der Waals surface area contributed by atoms with Gasteiger partial charge in [-0.1, -0.05) is 13.0 Å². The van der Waals surface area contributed by atoms with Crippen LogP contribution in [0, 0.1) is 6.92 Å². The van der Waals surface area contributed by atoms with Crippen LogP contribution in [0.25, 0.3) is 5.57 Å². The number of allylic oxidation sites excluding steroid dienone is 2. The van der Waals surface area contributed by atoms with E-state index in [4.69, 9.17) is 9.15 Å². The largest absolute Gasteiger partial charge is 0.496 e. The van der Waals surface area contributed by atoms with Crippen LogP contribution in [0.1, 0.15) is 31.5 Å². The second kappa shape index (κ2) is 6.36. The van der Waals surface area contributed by atoms with Crippen LogP contribution >= 0.6 is 0 Å². The van der Waals surface area contributed by atoms with Crippen molar-refractivity contribution < 1.29 is 13.9 Å². The van der Waals surface area contributed by atoms with Crippen molar-refractivity contribution in [2.24, 2.45) is 0 Å². The van der Waals surface area contributed by atoms with Gasteiger partial charge in [-0.2, -0.15) is 0 Å². The third-order valence-electron chi connectivity index (χ3n) is 3.12. The van der Waals surface area contributed by atoms with Crippen molar-refractivity contribution in [2.75, 3.05) is 13.7 Å². The van der Waals surface area contributed by atoms with E-state index in [-0.39, 0.29) is 6.04 Å². The molecule has 0 N–H and O–H groups in total. The number of ether oxygens (including phenoxy) is 1. The molecule has 1 aromatic rings. The van der Waals surface area contributed by atoms with Gasteiger partial charge in [0.15, 0.2) is 0 Å². The van der Waals surface area contributed by atoms with E-state index in [9.17, 15) is 4.79 Å². The Morgan fingerprint density at radius 2 is 2.30 bits per heavy atom. The van der Waals surface area contributed by atoms with Crippen molar-refractivity contribution in [1.29, 1.82) is 0 Å². The first-order chi connectivity index (χ1) is 9.65. The molecular formula is C14H19N3O3. The van der Waals surface area contributed by atoms with Gasteiger partial charge in [0.05, 0.1) is 12.6 Å². The van der Waals surface area contributed by atoms with Crippen molar-refractivity contribution in [3.63, 3.8) is 0 Å². The zero-order valence-corrected chi connectivity index (χ0v) is 12.0. The van der Waals surface area contributed by atoms with Crippen LogP contribution in [0.3, 0.4) is 0 Å². The van der Waals surface area contributed by atoms with E-state index in [1.54, 1.807) is 18.9 Å². The normalized spacial score (nSPS) is 18.2. The molecule has 1 heterocycles. The van der Waals surface area contributed by atoms with Crippen LogP contribution in [0.15, 0.2) is 22.3 Å². The Balaban J connectivity index is 2.23. The standard InChI is InChI=1S/C14H19N3O3/c1-4-7-19-13-6-5-11(8-12(13)17(3)9-18)14-16-15-10(2)20-14/h5-6,9,12H,4,7-8H2,1-3H3. The SMILES string of the molecule is CCCOC1=CC=C(c2nnc(C)o2)CC1N(C)C=O. The summed E-state index contributed by atoms with van der Waals surface area (Å²) in [6, 6.07) is -0.133. The molecule has 0 fully saturated rings. The Labute approximate surface area is 118 Å². The fourth-order valence-corrected chi connectivity index (χ4v) is 2.04. The molecule has 1 aliphatic carbocycles. The van der Waals surface area contributed by atoms with Crippen LogP contribution in [0.2, 0.25) is 0 Å². The fourth-order valence-electron chi connectivity index (χ4n) is 2.04. The molecule has 0 aliphatic heterocycles. The number of carbonyl (C=O) groups is 1. The molecule has 20 heavy (non-hydrogen) atoms. The molecule has 0 radical (unpaired) electrons. The van der Waals surface area contributed by atoms with Gasteiger partial charge in [-0.05, 0) is 12.5 Å². The fraction of sp³-hybridized carbons (Fsp3) is 0.500. The van der Waals surface area contributed by atoms with Crippen molar-refractivity contribution in [3.05, 3.63) is 29.7 Å². The first kappa shape index (κ1) is 14.3. The van der Waals surface area contributed by atoms with Gasteiger partial charge in [-0.3, -0.25) is 4.79 Å². The van der Waals surface area contributed by atoms with Gasteiger partial charge in [0.1, 0.15) is 5.76 Å². The van der Waals surface area contributed by atoms with Crippen molar-refractivity contribution in [2.45, 2.75) is 32.7 Å². The Hall–Kier alpha value is -2.11. The summed E-state index contributed by atoms with van der Waals surface area (Å²) in [5.41, 5.74) is 0.910. The average molecular weight is 277 g/mol. The number of rotatable bonds is 6. The number of aromatic nitrogens is 2. The Kier molecular flexibility index (Phi) is 4.55. The van der Waals surface area contributed by atoms with Crippen molar-refractivity contribution in [1.82, 2.24) is 15.1 Å². The van der Waals surface area contributed by atoms with E-state index >= 15 is 0 Å². The molecule has 1 amide bonds. The quantitative estimate of drug-likeness (QED) is 0.743. The molecule has 0 spiro atoms. The van der Waals surface area contributed by atoms with Gasteiger partial charge < -0.3 is 14.1 Å². The molecule has 6 heteroatoms. The summed E-state index contributed by atoms with van der Waals surface area (Å²) in [4.78, 5) is 12.6. The van der Waals surface area contributed by atoms with Gasteiger partial charge in [-0.25, -0.2) is 0 Å². The minimum absolute atomic E-state index is 0.133. The monoisotopic (exact) mass is 277 g/mol. The van der Waals surface area contributed by atoms with Crippen LogP contribution < -0.4 is 0 Å². The smallest absolute Gasteiger partial charge is 0.243 e. The highest BCUT2D eigenvalue weighted by Gasteiger charge is 2.26. The number of hydrogen-bond donors (Lipinski definition) is 0. The maximum Gasteiger partial charge on any atom is 0.243 e. The lowest BCUT2D eigenvalue weighted by Gasteiger charge is -2.29. The summed E-state index contributed by atoms with van der Waals surface area (Å²) in [6.45, 7) is 4.43. The van der Waals surface area contributed by atoms with E-state index in [1.165, 1.54) is 0 Å². The van der Waals surface area contributed by atoms with E-state index in [0.29, 0.717) is 24.8 Å². The van der Waals surface area contributed by atoms with Crippen LogP contribution in [0.5, 0.6) is 0 Å². The first-order valence-corrected chi connectivity index (χ1v) is 6.67. The maximum atomic E-state index is 11.0. The third kappa shape index (κ3) is 3.07. The summed E-state index contributed by atoms with van der Waals surface area (Å²) in [5.74, 6) is 1.82.